The molecule has 0 bridgehead atoms. The molecule has 174 valence electrons. The molecule has 35 heavy (non-hydrogen) atoms. The Kier molecular flexibility index (Phi) is 4.80. The predicted molar refractivity (Wildman–Crippen MR) is 149 cm³/mol. The van der Waals surface area contributed by atoms with Crippen molar-refractivity contribution < 1.29 is 0 Å². The molecule has 4 aromatic rings. The molecular formula is C32H30N2S. The fourth-order valence-corrected chi connectivity index (χ4v) is 7.43. The molecule has 3 aromatic carbocycles. The minimum atomic E-state index is -0.0491. The molecule has 3 aliphatic rings. The van der Waals surface area contributed by atoms with Crippen molar-refractivity contribution >= 4 is 31.5 Å². The molecule has 2 unspecified atom stereocenters. The summed E-state index contributed by atoms with van der Waals surface area (Å²) >= 11 is 1.93. The summed E-state index contributed by atoms with van der Waals surface area (Å²) in [7, 11) is 0. The van der Waals surface area contributed by atoms with Crippen LogP contribution in [0.3, 0.4) is 0 Å². The van der Waals surface area contributed by atoms with Gasteiger partial charge in [0.15, 0.2) is 0 Å². The highest BCUT2D eigenvalue weighted by Crippen LogP contribution is 2.47. The molecule has 3 aliphatic heterocycles. The molecule has 0 saturated carbocycles. The maximum atomic E-state index is 3.86. The Morgan fingerprint density at radius 3 is 2.66 bits per heavy atom. The zero-order chi connectivity index (χ0) is 23.6. The van der Waals surface area contributed by atoms with Gasteiger partial charge in [0.05, 0.1) is 6.04 Å². The number of fused-ring (bicyclic) bond motifs is 6. The van der Waals surface area contributed by atoms with Gasteiger partial charge in [0.25, 0.3) is 0 Å². The molecule has 1 aromatic heterocycles. The lowest BCUT2D eigenvalue weighted by molar-refractivity contribution is 0.285. The molecule has 3 heteroatoms. The lowest BCUT2D eigenvalue weighted by atomic mass is 9.74. The molecule has 0 amide bonds. The van der Waals surface area contributed by atoms with Crippen LogP contribution in [0.1, 0.15) is 54.5 Å². The van der Waals surface area contributed by atoms with E-state index in [1.54, 1.807) is 0 Å². The van der Waals surface area contributed by atoms with E-state index in [4.69, 9.17) is 0 Å². The van der Waals surface area contributed by atoms with Crippen LogP contribution in [0.15, 0.2) is 96.7 Å². The zero-order valence-electron chi connectivity index (χ0n) is 20.3. The van der Waals surface area contributed by atoms with E-state index in [9.17, 15) is 0 Å². The van der Waals surface area contributed by atoms with Crippen LogP contribution in [0.2, 0.25) is 0 Å². The molecular weight excluding hydrogens is 444 g/mol. The van der Waals surface area contributed by atoms with E-state index in [-0.39, 0.29) is 5.54 Å². The van der Waals surface area contributed by atoms with Crippen molar-refractivity contribution in [2.24, 2.45) is 0 Å². The molecule has 0 radical (unpaired) electrons. The van der Waals surface area contributed by atoms with Crippen LogP contribution >= 0.6 is 11.3 Å². The zero-order valence-corrected chi connectivity index (χ0v) is 21.1. The lowest BCUT2D eigenvalue weighted by Gasteiger charge is -2.43. The third-order valence-electron chi connectivity index (χ3n) is 8.26. The van der Waals surface area contributed by atoms with Gasteiger partial charge in [0.2, 0.25) is 0 Å². The molecule has 2 nitrogen and oxygen atoms in total. The highest BCUT2D eigenvalue weighted by atomic mass is 32.1. The number of thiophene rings is 1. The van der Waals surface area contributed by atoms with Gasteiger partial charge >= 0.3 is 0 Å². The van der Waals surface area contributed by atoms with Gasteiger partial charge in [-0.15, -0.1) is 11.3 Å². The van der Waals surface area contributed by atoms with E-state index in [0.29, 0.717) is 12.0 Å². The SMILES string of the molecule is CC1=CCC(C)(c2ccccc2[C@H]2CN3C=CC=CC3c3cc4c(cc32)sc2ccccc24)NC1. The molecule has 0 saturated heterocycles. The summed E-state index contributed by atoms with van der Waals surface area (Å²) in [6.45, 7) is 6.55. The van der Waals surface area contributed by atoms with Gasteiger partial charge < -0.3 is 10.2 Å². The van der Waals surface area contributed by atoms with E-state index >= 15 is 0 Å². The lowest BCUT2D eigenvalue weighted by Crippen LogP contribution is -2.44. The van der Waals surface area contributed by atoms with Crippen molar-refractivity contribution in [2.75, 3.05) is 13.1 Å². The summed E-state index contributed by atoms with van der Waals surface area (Å²) in [5.41, 5.74) is 7.22. The number of nitrogens with one attached hydrogen (secondary N) is 1. The van der Waals surface area contributed by atoms with Gasteiger partial charge in [-0.3, -0.25) is 0 Å². The van der Waals surface area contributed by atoms with Gasteiger partial charge in [-0.05, 0) is 73.0 Å². The van der Waals surface area contributed by atoms with E-state index < -0.39 is 0 Å². The van der Waals surface area contributed by atoms with E-state index in [0.717, 1.165) is 19.5 Å². The van der Waals surface area contributed by atoms with Gasteiger partial charge in [-0.25, -0.2) is 0 Å². The number of allylic oxidation sites excluding steroid dienone is 2. The van der Waals surface area contributed by atoms with Crippen molar-refractivity contribution in [1.82, 2.24) is 10.2 Å². The van der Waals surface area contributed by atoms with Crippen molar-refractivity contribution in [3.8, 4) is 0 Å². The molecule has 1 N–H and O–H groups in total. The van der Waals surface area contributed by atoms with E-state index in [2.05, 4.69) is 115 Å². The van der Waals surface area contributed by atoms with E-state index in [1.807, 2.05) is 11.3 Å². The van der Waals surface area contributed by atoms with Crippen LogP contribution in [0.5, 0.6) is 0 Å². The highest BCUT2D eigenvalue weighted by molar-refractivity contribution is 7.25. The first kappa shape index (κ1) is 21.2. The third-order valence-corrected chi connectivity index (χ3v) is 9.39. The summed E-state index contributed by atoms with van der Waals surface area (Å²) in [4.78, 5) is 2.53. The Bertz CT molecular complexity index is 1550. The first-order valence-electron chi connectivity index (χ1n) is 12.7. The predicted octanol–water partition coefficient (Wildman–Crippen LogP) is 7.78. The largest absolute Gasteiger partial charge is 0.366 e. The number of hydrogen-bond acceptors (Lipinski definition) is 3. The third kappa shape index (κ3) is 3.33. The normalized spacial score (nSPS) is 25.5. The van der Waals surface area contributed by atoms with Crippen molar-refractivity contribution in [3.63, 3.8) is 0 Å². The molecule has 4 heterocycles. The minimum Gasteiger partial charge on any atom is -0.366 e. The van der Waals surface area contributed by atoms with Gasteiger partial charge in [0.1, 0.15) is 0 Å². The van der Waals surface area contributed by atoms with Crippen LogP contribution in [0, 0.1) is 0 Å². The van der Waals surface area contributed by atoms with Crippen LogP contribution in [0.4, 0.5) is 0 Å². The topological polar surface area (TPSA) is 15.3 Å². The average molecular weight is 475 g/mol. The fraction of sp³-hybridized carbons (Fsp3) is 0.250. The van der Waals surface area contributed by atoms with Gasteiger partial charge in [-0.2, -0.15) is 0 Å². The first-order chi connectivity index (χ1) is 17.1. The van der Waals surface area contributed by atoms with Crippen LogP contribution in [0.25, 0.3) is 20.2 Å². The Morgan fingerprint density at radius 2 is 1.77 bits per heavy atom. The molecule has 7 rings (SSSR count). The number of benzene rings is 3. The van der Waals surface area contributed by atoms with Crippen molar-refractivity contribution in [2.45, 2.75) is 37.8 Å². The summed E-state index contributed by atoms with van der Waals surface area (Å²) in [6, 6.07) is 23.3. The summed E-state index contributed by atoms with van der Waals surface area (Å²) < 4.78 is 2.77. The number of hydrogen-bond donors (Lipinski definition) is 1. The number of rotatable bonds is 2. The smallest absolute Gasteiger partial charge is 0.0727 e. The molecule has 3 atom stereocenters. The van der Waals surface area contributed by atoms with Crippen molar-refractivity contribution in [3.05, 3.63) is 119 Å². The Morgan fingerprint density at radius 1 is 0.914 bits per heavy atom. The van der Waals surface area contributed by atoms with Crippen LogP contribution < -0.4 is 5.32 Å². The minimum absolute atomic E-state index is 0.0491. The molecule has 0 aliphatic carbocycles. The van der Waals surface area contributed by atoms with Gasteiger partial charge in [-0.1, -0.05) is 66.3 Å². The summed E-state index contributed by atoms with van der Waals surface area (Å²) in [5.74, 6) is 0.328. The molecule has 0 spiro atoms. The second kappa shape index (κ2) is 7.94. The molecule has 0 fully saturated rings. The standard InChI is InChI=1S/C32H30N2S/c1-21-14-15-32(2,33-19-21)28-11-5-3-9-22(28)27-20-34-16-8-7-12-29(34)25-17-26-23-10-4-6-13-30(23)35-31(26)18-24(25)27/h3-14,16-18,27,29,33H,15,19-20H2,1-2H3/t27-,29?,32?/m1/s1. The first-order valence-corrected chi connectivity index (χ1v) is 13.5. The Hall–Kier alpha value is -3.14. The van der Waals surface area contributed by atoms with Gasteiger partial charge in [0, 0.05) is 44.7 Å². The summed E-state index contributed by atoms with van der Waals surface area (Å²) in [6.07, 6.45) is 12.5. The van der Waals surface area contributed by atoms with E-state index in [1.165, 1.54) is 48.0 Å². The maximum absolute atomic E-state index is 3.86. The fourth-order valence-electron chi connectivity index (χ4n) is 6.29. The summed E-state index contributed by atoms with van der Waals surface area (Å²) in [5, 5.41) is 6.63. The Balaban J connectivity index is 1.44. The quantitative estimate of drug-likeness (QED) is 0.298. The monoisotopic (exact) mass is 474 g/mol. The second-order valence-corrected chi connectivity index (χ2v) is 11.6. The average Bonchev–Trinajstić information content (AvgIpc) is 3.26. The Labute approximate surface area is 211 Å². The second-order valence-electron chi connectivity index (χ2n) is 10.5. The van der Waals surface area contributed by atoms with Crippen LogP contribution in [-0.4, -0.2) is 18.0 Å². The maximum Gasteiger partial charge on any atom is 0.0727 e. The highest BCUT2D eigenvalue weighted by Gasteiger charge is 2.37. The van der Waals surface area contributed by atoms with Crippen LogP contribution in [-0.2, 0) is 5.54 Å². The van der Waals surface area contributed by atoms with Crippen molar-refractivity contribution in [1.29, 1.82) is 0 Å². The number of nitrogens with zero attached hydrogens (tertiary/aromatic N) is 1.